The standard InChI is InChI=1S/C35H28F3N3O5/c1-44-12-11-41-32-15-23(35(42)43)9-10-31(32)39-33(41)16-25-14-29(38)26(17-28(25)37)30-3-2-4-34(40-30)46-20-24-8-7-21(13-27(24)36)5-6-22-18-45-19-22/h2-4,7-10,13-15,17,22H,11-12,16,18-20H2,1H3,(H,42,43). The number of halogens is 3. The van der Waals surface area contributed by atoms with E-state index in [2.05, 4.69) is 21.8 Å². The van der Waals surface area contributed by atoms with E-state index in [-0.39, 0.29) is 47.2 Å². The summed E-state index contributed by atoms with van der Waals surface area (Å²) in [6.45, 7) is 1.69. The average molecular weight is 628 g/mol. The number of pyridine rings is 1. The summed E-state index contributed by atoms with van der Waals surface area (Å²) in [6, 6.07) is 16.0. The molecule has 1 fully saturated rings. The van der Waals surface area contributed by atoms with Crippen molar-refractivity contribution in [3.63, 3.8) is 0 Å². The maximum absolute atomic E-state index is 15.5. The number of hydrogen-bond acceptors (Lipinski definition) is 6. The number of hydrogen-bond donors (Lipinski definition) is 1. The predicted octanol–water partition coefficient (Wildman–Crippen LogP) is 6.03. The quantitative estimate of drug-likeness (QED) is 0.189. The highest BCUT2D eigenvalue weighted by Crippen LogP contribution is 2.28. The molecule has 0 aliphatic carbocycles. The maximum atomic E-state index is 15.5. The Balaban J connectivity index is 1.20. The van der Waals surface area contributed by atoms with Crippen LogP contribution in [-0.2, 0) is 29.0 Å². The van der Waals surface area contributed by atoms with E-state index in [4.69, 9.17) is 14.2 Å². The Kier molecular flexibility index (Phi) is 9.01. The first-order valence-electron chi connectivity index (χ1n) is 14.5. The number of nitrogens with zero attached hydrogens (tertiary/aromatic N) is 3. The zero-order valence-corrected chi connectivity index (χ0v) is 24.7. The number of imidazole rings is 1. The Morgan fingerprint density at radius 3 is 2.57 bits per heavy atom. The van der Waals surface area contributed by atoms with E-state index in [1.807, 2.05) is 0 Å². The molecule has 6 rings (SSSR count). The maximum Gasteiger partial charge on any atom is 0.335 e. The van der Waals surface area contributed by atoms with Crippen LogP contribution in [0.1, 0.15) is 32.9 Å². The van der Waals surface area contributed by atoms with Crippen LogP contribution in [0, 0.1) is 35.2 Å². The molecule has 46 heavy (non-hydrogen) atoms. The van der Waals surface area contributed by atoms with Crippen LogP contribution >= 0.6 is 0 Å². The fourth-order valence-electron chi connectivity index (χ4n) is 5.01. The first-order valence-corrected chi connectivity index (χ1v) is 14.5. The molecular weight excluding hydrogens is 599 g/mol. The zero-order chi connectivity index (χ0) is 32.2. The topological polar surface area (TPSA) is 95.7 Å². The van der Waals surface area contributed by atoms with Gasteiger partial charge in [0.25, 0.3) is 0 Å². The van der Waals surface area contributed by atoms with Crippen molar-refractivity contribution in [1.82, 2.24) is 14.5 Å². The van der Waals surface area contributed by atoms with Crippen molar-refractivity contribution in [2.75, 3.05) is 26.9 Å². The van der Waals surface area contributed by atoms with Gasteiger partial charge in [-0.15, -0.1) is 0 Å². The second-order valence-corrected chi connectivity index (χ2v) is 10.7. The van der Waals surface area contributed by atoms with Gasteiger partial charge in [0.2, 0.25) is 5.88 Å². The van der Waals surface area contributed by atoms with Crippen LogP contribution in [0.5, 0.6) is 5.88 Å². The highest BCUT2D eigenvalue weighted by Gasteiger charge is 2.19. The predicted molar refractivity (Wildman–Crippen MR) is 163 cm³/mol. The van der Waals surface area contributed by atoms with Crippen LogP contribution in [0.15, 0.2) is 66.7 Å². The van der Waals surface area contributed by atoms with Gasteiger partial charge in [0, 0.05) is 42.8 Å². The molecule has 5 aromatic rings. The van der Waals surface area contributed by atoms with Crippen molar-refractivity contribution in [1.29, 1.82) is 0 Å². The van der Waals surface area contributed by atoms with Crippen molar-refractivity contribution in [2.24, 2.45) is 5.92 Å². The number of rotatable bonds is 10. The number of aromatic nitrogens is 3. The van der Waals surface area contributed by atoms with E-state index in [9.17, 15) is 14.3 Å². The molecule has 2 aromatic heterocycles. The molecule has 1 aliphatic rings. The number of carboxylic acids is 1. The Morgan fingerprint density at radius 1 is 1.00 bits per heavy atom. The molecule has 234 valence electrons. The van der Waals surface area contributed by atoms with Crippen molar-refractivity contribution in [2.45, 2.75) is 19.6 Å². The zero-order valence-electron chi connectivity index (χ0n) is 24.7. The van der Waals surface area contributed by atoms with Crippen LogP contribution in [-0.4, -0.2) is 52.5 Å². The van der Waals surface area contributed by atoms with E-state index >= 15 is 8.78 Å². The molecule has 0 atom stereocenters. The van der Waals surface area contributed by atoms with Crippen LogP contribution in [0.25, 0.3) is 22.3 Å². The number of aromatic carboxylic acids is 1. The minimum atomic E-state index is -1.09. The molecule has 1 saturated heterocycles. The van der Waals surface area contributed by atoms with Gasteiger partial charge >= 0.3 is 5.97 Å². The minimum absolute atomic E-state index is 0.0503. The number of ether oxygens (including phenoxy) is 3. The molecule has 0 spiro atoms. The van der Waals surface area contributed by atoms with Gasteiger partial charge in [0.05, 0.1) is 48.0 Å². The monoisotopic (exact) mass is 627 g/mol. The summed E-state index contributed by atoms with van der Waals surface area (Å²) in [5, 5.41) is 9.42. The largest absolute Gasteiger partial charge is 0.478 e. The summed E-state index contributed by atoms with van der Waals surface area (Å²) >= 11 is 0. The molecule has 0 radical (unpaired) electrons. The van der Waals surface area contributed by atoms with E-state index in [0.29, 0.717) is 54.4 Å². The van der Waals surface area contributed by atoms with Crippen molar-refractivity contribution < 1.29 is 37.3 Å². The molecule has 0 saturated carbocycles. The highest BCUT2D eigenvalue weighted by molar-refractivity contribution is 5.92. The van der Waals surface area contributed by atoms with Gasteiger partial charge < -0.3 is 23.9 Å². The third-order valence-electron chi connectivity index (χ3n) is 7.56. The molecule has 0 unspecified atom stereocenters. The van der Waals surface area contributed by atoms with E-state index in [1.165, 1.54) is 31.4 Å². The molecule has 8 nitrogen and oxygen atoms in total. The summed E-state index contributed by atoms with van der Waals surface area (Å²) < 4.78 is 63.3. The van der Waals surface area contributed by atoms with Gasteiger partial charge in [-0.3, -0.25) is 0 Å². The molecule has 1 aliphatic heterocycles. The summed E-state index contributed by atoms with van der Waals surface area (Å²) in [5.41, 5.74) is 2.13. The lowest BCUT2D eigenvalue weighted by Gasteiger charge is -2.19. The van der Waals surface area contributed by atoms with Crippen molar-refractivity contribution in [3.8, 4) is 29.0 Å². The lowest BCUT2D eigenvalue weighted by molar-refractivity contribution is -0.00300. The summed E-state index contributed by atoms with van der Waals surface area (Å²) in [5.74, 6) is 3.76. The first-order chi connectivity index (χ1) is 22.3. The van der Waals surface area contributed by atoms with Crippen LogP contribution in [0.2, 0.25) is 0 Å². The first kappa shape index (κ1) is 30.8. The third-order valence-corrected chi connectivity index (χ3v) is 7.56. The molecule has 3 aromatic carbocycles. The number of benzene rings is 3. The summed E-state index contributed by atoms with van der Waals surface area (Å²) in [4.78, 5) is 20.4. The fraction of sp³-hybridized carbons (Fsp3) is 0.229. The van der Waals surface area contributed by atoms with Gasteiger partial charge in [0.1, 0.15) is 29.9 Å². The minimum Gasteiger partial charge on any atom is -0.478 e. The second kappa shape index (κ2) is 13.4. The van der Waals surface area contributed by atoms with E-state index < -0.39 is 23.4 Å². The van der Waals surface area contributed by atoms with Gasteiger partial charge in [-0.25, -0.2) is 27.9 Å². The SMILES string of the molecule is COCCn1c(Cc2cc(F)c(-c3cccc(OCc4ccc(C#CC5COC5)cc4F)n3)cc2F)nc2ccc(C(=O)O)cc21. The Labute approximate surface area is 262 Å². The third kappa shape index (κ3) is 6.73. The Bertz CT molecular complexity index is 2000. The molecular formula is C35H28F3N3O5. The highest BCUT2D eigenvalue weighted by atomic mass is 19.1. The number of carboxylic acid groups (broad SMARTS) is 1. The van der Waals surface area contributed by atoms with Gasteiger partial charge in [-0.05, 0) is 54.1 Å². The lowest BCUT2D eigenvalue weighted by atomic mass is 10.0. The molecule has 11 heteroatoms. The van der Waals surface area contributed by atoms with Crippen LogP contribution in [0.3, 0.4) is 0 Å². The van der Waals surface area contributed by atoms with Crippen molar-refractivity contribution in [3.05, 3.63) is 112 Å². The van der Waals surface area contributed by atoms with Crippen molar-refractivity contribution >= 4 is 17.0 Å². The fourth-order valence-corrected chi connectivity index (χ4v) is 5.01. The lowest BCUT2D eigenvalue weighted by Crippen LogP contribution is -2.25. The molecule has 0 amide bonds. The molecule has 1 N–H and O–H groups in total. The summed E-state index contributed by atoms with van der Waals surface area (Å²) in [6.07, 6.45) is -0.0503. The normalized spacial score (nSPS) is 12.9. The number of carbonyl (C=O) groups is 1. The Hall–Kier alpha value is -5.18. The van der Waals surface area contributed by atoms with E-state index in [0.717, 1.165) is 12.1 Å². The second-order valence-electron chi connectivity index (χ2n) is 10.7. The Morgan fingerprint density at radius 2 is 1.83 bits per heavy atom. The number of methoxy groups -OCH3 is 1. The molecule has 3 heterocycles. The van der Waals surface area contributed by atoms with Gasteiger partial charge in [-0.2, -0.15) is 0 Å². The van der Waals surface area contributed by atoms with Crippen LogP contribution in [0.4, 0.5) is 13.2 Å². The van der Waals surface area contributed by atoms with E-state index in [1.54, 1.807) is 34.9 Å². The smallest absolute Gasteiger partial charge is 0.335 e. The average Bonchev–Trinajstić information content (AvgIpc) is 3.36. The number of fused-ring (bicyclic) bond motifs is 1. The van der Waals surface area contributed by atoms with Crippen LogP contribution < -0.4 is 4.74 Å². The van der Waals surface area contributed by atoms with Gasteiger partial charge in [0.15, 0.2) is 0 Å². The molecule has 0 bridgehead atoms. The summed E-state index contributed by atoms with van der Waals surface area (Å²) in [7, 11) is 1.53. The van der Waals surface area contributed by atoms with Gasteiger partial charge in [-0.1, -0.05) is 24.0 Å².